The number of hydrogen-bond acceptors (Lipinski definition) is 5. The van der Waals surface area contributed by atoms with Crippen LogP contribution in [0.2, 0.25) is 0 Å². The van der Waals surface area contributed by atoms with E-state index in [4.69, 9.17) is 0 Å². The Labute approximate surface area is 204 Å². The van der Waals surface area contributed by atoms with Crippen LogP contribution in [0.25, 0.3) is 21.8 Å². The molecule has 0 aliphatic carbocycles. The van der Waals surface area contributed by atoms with Gasteiger partial charge >= 0.3 is 0 Å². The van der Waals surface area contributed by atoms with Gasteiger partial charge in [-0.15, -0.1) is 0 Å². The predicted octanol–water partition coefficient (Wildman–Crippen LogP) is 5.32. The summed E-state index contributed by atoms with van der Waals surface area (Å²) in [7, 11) is 0. The Hall–Kier alpha value is -3.86. The maximum absolute atomic E-state index is 12.5. The molecule has 2 aromatic carbocycles. The minimum absolute atomic E-state index is 0.00767. The van der Waals surface area contributed by atoms with E-state index in [-0.39, 0.29) is 5.91 Å². The molecular formula is C29H28N4O2. The first-order valence-corrected chi connectivity index (χ1v) is 12.2. The predicted molar refractivity (Wildman–Crippen MR) is 139 cm³/mol. The van der Waals surface area contributed by atoms with Crippen LogP contribution >= 0.6 is 0 Å². The van der Waals surface area contributed by atoms with Crippen molar-refractivity contribution in [2.45, 2.75) is 44.1 Å². The number of carbonyl (C=O) groups excluding carboxylic acids is 2. The highest BCUT2D eigenvalue weighted by molar-refractivity contribution is 6.00. The van der Waals surface area contributed by atoms with E-state index in [0.29, 0.717) is 13.0 Å². The van der Waals surface area contributed by atoms with Crippen molar-refractivity contribution in [3.05, 3.63) is 84.2 Å². The van der Waals surface area contributed by atoms with Crippen molar-refractivity contribution in [2.24, 2.45) is 0 Å². The normalized spacial score (nSPS) is 17.2. The Bertz CT molecular complexity index is 1420. The SMILES string of the molecule is O=C=C1CNC1(CCCCCCC(=O)Nc1cccc2cccnc12)c1cccc2cccnc12. The fourth-order valence-corrected chi connectivity index (χ4v) is 5.04. The first kappa shape index (κ1) is 22.9. The van der Waals surface area contributed by atoms with Gasteiger partial charge in [0.25, 0.3) is 0 Å². The van der Waals surface area contributed by atoms with E-state index in [9.17, 15) is 9.59 Å². The van der Waals surface area contributed by atoms with Crippen LogP contribution in [0, 0.1) is 0 Å². The van der Waals surface area contributed by atoms with E-state index in [1.165, 1.54) is 0 Å². The summed E-state index contributed by atoms with van der Waals surface area (Å²) in [4.78, 5) is 33.2. The van der Waals surface area contributed by atoms with Gasteiger partial charge < -0.3 is 5.32 Å². The standard InChI is InChI=1S/C29H28N4O2/c34-20-23-19-32-29(23,24-13-5-9-21-11-7-17-30-27(21)24)16-4-2-1-3-15-26(35)33-25-14-6-10-22-12-8-18-31-28(22)25/h5-14,17-18,32H,1-4,15-16,19H2,(H,33,35). The Morgan fingerprint density at radius 3 is 2.31 bits per heavy atom. The number of rotatable bonds is 9. The van der Waals surface area contributed by atoms with Crippen molar-refractivity contribution in [2.75, 3.05) is 11.9 Å². The summed E-state index contributed by atoms with van der Waals surface area (Å²) < 4.78 is 0. The van der Waals surface area contributed by atoms with E-state index >= 15 is 0 Å². The van der Waals surface area contributed by atoms with Gasteiger partial charge in [0.05, 0.1) is 27.8 Å². The second kappa shape index (κ2) is 10.2. The van der Waals surface area contributed by atoms with Gasteiger partial charge in [0.2, 0.25) is 5.91 Å². The first-order valence-electron chi connectivity index (χ1n) is 12.2. The van der Waals surface area contributed by atoms with Crippen LogP contribution < -0.4 is 10.6 Å². The quantitative estimate of drug-likeness (QED) is 0.259. The summed E-state index contributed by atoms with van der Waals surface area (Å²) in [5.74, 6) is 2.18. The van der Waals surface area contributed by atoms with Gasteiger partial charge in [-0.1, -0.05) is 61.7 Å². The summed E-state index contributed by atoms with van der Waals surface area (Å²) in [6.45, 7) is 0.565. The number of unbranched alkanes of at least 4 members (excludes halogenated alkanes) is 3. The van der Waals surface area contributed by atoms with Gasteiger partial charge in [0, 0.05) is 41.7 Å². The molecule has 0 spiro atoms. The zero-order chi connectivity index (χ0) is 24.1. The lowest BCUT2D eigenvalue weighted by molar-refractivity contribution is -0.116. The lowest BCUT2D eigenvalue weighted by Crippen LogP contribution is -2.57. The number of hydrogen-bond donors (Lipinski definition) is 2. The number of benzene rings is 2. The third kappa shape index (κ3) is 4.59. The molecule has 5 rings (SSSR count). The number of anilines is 1. The van der Waals surface area contributed by atoms with E-state index < -0.39 is 5.54 Å². The number of para-hydroxylation sites is 2. The lowest BCUT2D eigenvalue weighted by atomic mass is 9.72. The molecular weight excluding hydrogens is 436 g/mol. The van der Waals surface area contributed by atoms with Crippen LogP contribution in [0.5, 0.6) is 0 Å². The average Bonchev–Trinajstić information content (AvgIpc) is 2.88. The second-order valence-electron chi connectivity index (χ2n) is 9.06. The zero-order valence-electron chi connectivity index (χ0n) is 19.6. The van der Waals surface area contributed by atoms with E-state index in [0.717, 1.165) is 70.7 Å². The van der Waals surface area contributed by atoms with Crippen LogP contribution in [0.4, 0.5) is 5.69 Å². The Kier molecular flexibility index (Phi) is 6.66. The summed E-state index contributed by atoms with van der Waals surface area (Å²) in [6, 6.07) is 19.8. The molecule has 1 aliphatic heterocycles. The van der Waals surface area contributed by atoms with E-state index in [2.05, 4.69) is 32.6 Å². The van der Waals surface area contributed by atoms with Crippen molar-refractivity contribution in [3.8, 4) is 0 Å². The van der Waals surface area contributed by atoms with Gasteiger partial charge in [0.1, 0.15) is 5.94 Å². The molecule has 3 heterocycles. The Balaban J connectivity index is 1.15. The van der Waals surface area contributed by atoms with Crippen molar-refractivity contribution >= 4 is 39.3 Å². The number of fused-ring (bicyclic) bond motifs is 2. The smallest absolute Gasteiger partial charge is 0.224 e. The number of carbonyl (C=O) groups is 1. The molecule has 6 heteroatoms. The summed E-state index contributed by atoms with van der Waals surface area (Å²) in [6.07, 6.45) is 8.50. The third-order valence-electron chi connectivity index (χ3n) is 6.91. The summed E-state index contributed by atoms with van der Waals surface area (Å²) >= 11 is 0. The second-order valence-corrected chi connectivity index (χ2v) is 9.06. The van der Waals surface area contributed by atoms with Gasteiger partial charge in [-0.3, -0.25) is 20.1 Å². The maximum atomic E-state index is 12.5. The highest BCUT2D eigenvalue weighted by Crippen LogP contribution is 2.42. The summed E-state index contributed by atoms with van der Waals surface area (Å²) in [5.41, 5.74) is 3.80. The molecule has 176 valence electrons. The molecule has 2 N–H and O–H groups in total. The summed E-state index contributed by atoms with van der Waals surface area (Å²) in [5, 5.41) is 8.59. The largest absolute Gasteiger partial charge is 0.324 e. The fraction of sp³-hybridized carbons (Fsp3) is 0.276. The van der Waals surface area contributed by atoms with Crippen LogP contribution in [0.1, 0.15) is 44.1 Å². The maximum Gasteiger partial charge on any atom is 0.224 e. The fourth-order valence-electron chi connectivity index (χ4n) is 5.04. The molecule has 4 aromatic rings. The number of aromatic nitrogens is 2. The first-order chi connectivity index (χ1) is 17.2. The molecule has 6 nitrogen and oxygen atoms in total. The molecule has 1 aliphatic rings. The topological polar surface area (TPSA) is 84.0 Å². The average molecular weight is 465 g/mol. The Morgan fingerprint density at radius 2 is 1.57 bits per heavy atom. The van der Waals surface area contributed by atoms with E-state index in [1.54, 1.807) is 12.4 Å². The molecule has 1 amide bonds. The molecule has 0 saturated carbocycles. The highest BCUT2D eigenvalue weighted by atomic mass is 16.1. The van der Waals surface area contributed by atoms with Gasteiger partial charge in [-0.25, -0.2) is 4.79 Å². The van der Waals surface area contributed by atoms with Crippen molar-refractivity contribution in [1.82, 2.24) is 15.3 Å². The van der Waals surface area contributed by atoms with Crippen molar-refractivity contribution in [3.63, 3.8) is 0 Å². The monoisotopic (exact) mass is 464 g/mol. The number of pyridine rings is 2. The van der Waals surface area contributed by atoms with Gasteiger partial charge in [-0.2, -0.15) is 0 Å². The van der Waals surface area contributed by atoms with Gasteiger partial charge in [0.15, 0.2) is 0 Å². The molecule has 1 saturated heterocycles. The minimum atomic E-state index is -0.492. The molecule has 0 bridgehead atoms. The van der Waals surface area contributed by atoms with Crippen LogP contribution in [0.3, 0.4) is 0 Å². The molecule has 1 unspecified atom stereocenters. The lowest BCUT2D eigenvalue weighted by Gasteiger charge is -2.45. The number of amides is 1. The molecule has 2 aromatic heterocycles. The Morgan fingerprint density at radius 1 is 0.886 bits per heavy atom. The van der Waals surface area contributed by atoms with Crippen molar-refractivity contribution < 1.29 is 9.59 Å². The van der Waals surface area contributed by atoms with E-state index in [1.807, 2.05) is 54.6 Å². The van der Waals surface area contributed by atoms with Crippen LogP contribution in [0.15, 0.2) is 78.6 Å². The molecule has 1 fully saturated rings. The van der Waals surface area contributed by atoms with Crippen LogP contribution in [-0.2, 0) is 15.1 Å². The zero-order valence-corrected chi connectivity index (χ0v) is 19.6. The highest BCUT2D eigenvalue weighted by Gasteiger charge is 2.45. The third-order valence-corrected chi connectivity index (χ3v) is 6.91. The van der Waals surface area contributed by atoms with Crippen LogP contribution in [-0.4, -0.2) is 28.4 Å². The van der Waals surface area contributed by atoms with Crippen molar-refractivity contribution in [1.29, 1.82) is 0 Å². The molecule has 0 radical (unpaired) electrons. The minimum Gasteiger partial charge on any atom is -0.324 e. The molecule has 35 heavy (non-hydrogen) atoms. The number of nitrogens with one attached hydrogen (secondary N) is 2. The van der Waals surface area contributed by atoms with Gasteiger partial charge in [-0.05, 0) is 31.0 Å². The number of nitrogens with zero attached hydrogens (tertiary/aromatic N) is 2. The molecule has 1 atom stereocenters.